The highest BCUT2D eigenvalue weighted by Gasteiger charge is 2.82. The molecule has 8 nitrogen and oxygen atoms in total. The van der Waals surface area contributed by atoms with Crippen LogP contribution in [0.25, 0.3) is 11.0 Å². The molecule has 2 heterocycles. The van der Waals surface area contributed by atoms with Gasteiger partial charge in [-0.3, -0.25) is 4.18 Å². The number of rotatable bonds is 7. The predicted molar refractivity (Wildman–Crippen MR) is 166 cm³/mol. The Bertz CT molecular complexity index is 1660. The third kappa shape index (κ3) is 3.79. The number of hydrogen-bond acceptors (Lipinski definition) is 6. The average Bonchev–Trinajstić information content (AvgIpc) is 3.51. The lowest BCUT2D eigenvalue weighted by molar-refractivity contribution is -0.209. The molecule has 42 heavy (non-hydrogen) atoms. The van der Waals surface area contributed by atoms with Crippen LogP contribution >= 0.6 is 0 Å². The Kier molecular flexibility index (Phi) is 6.91. The van der Waals surface area contributed by atoms with E-state index >= 15 is 0 Å². The molecule has 2 N–H and O–H groups in total. The number of fused-ring (bicyclic) bond motifs is 2. The summed E-state index contributed by atoms with van der Waals surface area (Å²) in [7, 11) is -2.56. The lowest BCUT2D eigenvalue weighted by Crippen LogP contribution is -2.64. The van der Waals surface area contributed by atoms with Crippen LogP contribution in [-0.4, -0.2) is 41.3 Å². The number of benzene rings is 1. The van der Waals surface area contributed by atoms with Gasteiger partial charge >= 0.3 is 10.3 Å². The van der Waals surface area contributed by atoms with Gasteiger partial charge in [-0.15, -0.1) is 0 Å². The summed E-state index contributed by atoms with van der Waals surface area (Å²) in [5.41, 5.74) is 0.0614. The molecule has 0 aliphatic heterocycles. The Labute approximate surface area is 251 Å². The number of nitrogens with two attached hydrogens (primary N) is 1. The van der Waals surface area contributed by atoms with Crippen LogP contribution < -0.4 is 5.14 Å². The molecule has 9 heteroatoms. The van der Waals surface area contributed by atoms with Crippen molar-refractivity contribution < 1.29 is 17.3 Å². The van der Waals surface area contributed by atoms with Crippen LogP contribution in [-0.2, 0) is 37.6 Å². The van der Waals surface area contributed by atoms with Gasteiger partial charge in [-0.1, -0.05) is 58.9 Å². The molecular formula is C33H48N4O4S. The van der Waals surface area contributed by atoms with Crippen LogP contribution in [0.4, 0.5) is 0 Å². The van der Waals surface area contributed by atoms with E-state index in [0.717, 1.165) is 41.8 Å². The zero-order valence-electron chi connectivity index (χ0n) is 27.1. The summed E-state index contributed by atoms with van der Waals surface area (Å²) >= 11 is 0. The summed E-state index contributed by atoms with van der Waals surface area (Å²) in [6.07, 6.45) is 5.20. The van der Waals surface area contributed by atoms with Gasteiger partial charge in [0.1, 0.15) is 11.5 Å². The number of hydrogen-bond donors (Lipinski definition) is 1. The first-order valence-electron chi connectivity index (χ1n) is 14.9. The van der Waals surface area contributed by atoms with E-state index in [4.69, 9.17) is 24.0 Å². The third-order valence-electron chi connectivity index (χ3n) is 12.7. The fraction of sp³-hybridized carbons (Fsp3) is 0.636. The van der Waals surface area contributed by atoms with Crippen molar-refractivity contribution in [1.29, 1.82) is 0 Å². The quantitative estimate of drug-likeness (QED) is 0.348. The molecule has 1 saturated carbocycles. The molecule has 230 valence electrons. The van der Waals surface area contributed by atoms with Crippen molar-refractivity contribution >= 4 is 21.3 Å². The number of ether oxygens (including phenoxy) is 1. The Morgan fingerprint density at radius 2 is 1.67 bits per heavy atom. The molecule has 2 aliphatic rings. The molecular weight excluding hydrogens is 548 g/mol. The second kappa shape index (κ2) is 9.34. The maximum atomic E-state index is 12.4. The van der Waals surface area contributed by atoms with E-state index in [1.165, 1.54) is 11.1 Å². The molecule has 5 rings (SSSR count). The topological polar surface area (TPSA) is 109 Å². The van der Waals surface area contributed by atoms with Gasteiger partial charge in [-0.2, -0.15) is 8.42 Å². The Morgan fingerprint density at radius 3 is 2.29 bits per heavy atom. The van der Waals surface area contributed by atoms with Crippen molar-refractivity contribution in [1.82, 2.24) is 14.5 Å². The second-order valence-electron chi connectivity index (χ2n) is 14.6. The minimum absolute atomic E-state index is 0.424. The number of methoxy groups -OCH3 is 1. The summed E-state index contributed by atoms with van der Waals surface area (Å²) in [5, 5.41) is 6.53. The molecule has 2 aromatic heterocycles. The SMILES string of the molecule is CO[C@@]1(C)C(C)(C)[C@](C)(n2ccc3c(CC4CCc5ccccc54)nc(C)nc32)C(C)(C)[C@@]1(C)C(C)(C)OS(N)(=O)=O. The maximum Gasteiger partial charge on any atom is 0.333 e. The number of aromatic nitrogens is 3. The summed E-state index contributed by atoms with van der Waals surface area (Å²) in [6.45, 7) is 20.7. The molecule has 3 aromatic rings. The molecule has 1 fully saturated rings. The Balaban J connectivity index is 1.72. The van der Waals surface area contributed by atoms with E-state index < -0.39 is 43.3 Å². The molecule has 0 bridgehead atoms. The zero-order valence-corrected chi connectivity index (χ0v) is 27.9. The molecule has 0 spiro atoms. The highest BCUT2D eigenvalue weighted by Crippen LogP contribution is 2.77. The monoisotopic (exact) mass is 596 g/mol. The van der Waals surface area contributed by atoms with Crippen LogP contribution in [0.3, 0.4) is 0 Å². The highest BCUT2D eigenvalue weighted by atomic mass is 32.2. The Morgan fingerprint density at radius 1 is 1.02 bits per heavy atom. The van der Waals surface area contributed by atoms with Gasteiger partial charge in [-0.05, 0) is 82.4 Å². The van der Waals surface area contributed by atoms with Gasteiger partial charge in [0.15, 0.2) is 0 Å². The minimum atomic E-state index is -4.26. The summed E-state index contributed by atoms with van der Waals surface area (Å²) < 4.78 is 39.2. The van der Waals surface area contributed by atoms with Crippen molar-refractivity contribution in [3.63, 3.8) is 0 Å². The van der Waals surface area contributed by atoms with Gasteiger partial charge in [0.2, 0.25) is 0 Å². The first-order valence-corrected chi connectivity index (χ1v) is 16.4. The zero-order chi connectivity index (χ0) is 31.3. The molecule has 0 saturated heterocycles. The van der Waals surface area contributed by atoms with Crippen LogP contribution in [0, 0.1) is 23.2 Å². The van der Waals surface area contributed by atoms with Crippen LogP contribution in [0.15, 0.2) is 36.5 Å². The molecule has 0 radical (unpaired) electrons. The Hall–Kier alpha value is -2.33. The minimum Gasteiger partial charge on any atom is -0.377 e. The summed E-state index contributed by atoms with van der Waals surface area (Å²) in [4.78, 5) is 10.0. The van der Waals surface area contributed by atoms with Gasteiger partial charge in [0.05, 0.1) is 22.4 Å². The highest BCUT2D eigenvalue weighted by molar-refractivity contribution is 7.84. The number of aryl methyl sites for hydroxylation is 2. The van der Waals surface area contributed by atoms with Gasteiger partial charge in [-0.25, -0.2) is 15.1 Å². The molecule has 4 atom stereocenters. The fourth-order valence-electron chi connectivity index (χ4n) is 9.52. The average molecular weight is 597 g/mol. The smallest absolute Gasteiger partial charge is 0.333 e. The van der Waals surface area contributed by atoms with Gasteiger partial charge < -0.3 is 9.30 Å². The summed E-state index contributed by atoms with van der Waals surface area (Å²) in [5.74, 6) is 1.16. The van der Waals surface area contributed by atoms with E-state index in [-0.39, 0.29) is 0 Å². The van der Waals surface area contributed by atoms with Crippen molar-refractivity contribution in [3.05, 3.63) is 59.2 Å². The van der Waals surface area contributed by atoms with Crippen molar-refractivity contribution in [2.75, 3.05) is 7.11 Å². The lowest BCUT2D eigenvalue weighted by Gasteiger charge is -2.57. The maximum absolute atomic E-state index is 12.4. The van der Waals surface area contributed by atoms with Crippen molar-refractivity contribution in [3.8, 4) is 0 Å². The molecule has 2 aliphatic carbocycles. The van der Waals surface area contributed by atoms with Crippen LogP contribution in [0.2, 0.25) is 0 Å². The summed E-state index contributed by atoms with van der Waals surface area (Å²) in [6, 6.07) is 10.9. The molecule has 0 amide bonds. The fourth-order valence-corrected chi connectivity index (χ4v) is 10.3. The van der Waals surface area contributed by atoms with Crippen molar-refractivity contribution in [2.24, 2.45) is 21.4 Å². The second-order valence-corrected chi connectivity index (χ2v) is 15.7. The van der Waals surface area contributed by atoms with Crippen molar-refractivity contribution in [2.45, 2.75) is 111 Å². The first kappa shape index (κ1) is 31.1. The van der Waals surface area contributed by atoms with E-state index in [1.54, 1.807) is 21.0 Å². The van der Waals surface area contributed by atoms with Gasteiger partial charge in [0, 0.05) is 29.5 Å². The standard InChI is InChI=1S/C33H48N4O4S/c1-21-35-26(20-23-17-16-22-14-12-13-15-24(22)23)25-18-19-37(27(25)36-21)32(9)28(2,3)31(8,30(6,7)41-42(34,38)39)33(10,40-11)29(32,4)5/h12-15,18-19,23H,16-17,20H2,1-11H3,(H2,34,38,39)/t23?,31-,32+,33-/m0/s1. The van der Waals surface area contributed by atoms with E-state index in [9.17, 15) is 8.42 Å². The van der Waals surface area contributed by atoms with E-state index in [0.29, 0.717) is 5.92 Å². The third-order valence-corrected chi connectivity index (χ3v) is 13.3. The largest absolute Gasteiger partial charge is 0.377 e. The van der Waals surface area contributed by atoms with Gasteiger partial charge in [0.25, 0.3) is 0 Å². The number of nitrogens with zero attached hydrogens (tertiary/aromatic N) is 3. The molecule has 1 unspecified atom stereocenters. The van der Waals surface area contributed by atoms with E-state index in [2.05, 4.69) is 89.6 Å². The lowest BCUT2D eigenvalue weighted by atomic mass is 9.53. The first-order chi connectivity index (χ1) is 19.2. The predicted octanol–water partition coefficient (Wildman–Crippen LogP) is 6.20. The van der Waals surface area contributed by atoms with Crippen LogP contribution in [0.5, 0.6) is 0 Å². The molecule has 1 aromatic carbocycles. The normalized spacial score (nSPS) is 30.6. The van der Waals surface area contributed by atoms with Crippen LogP contribution in [0.1, 0.15) is 97.3 Å². The van der Waals surface area contributed by atoms with E-state index in [1.807, 2.05) is 6.92 Å².